The van der Waals surface area contributed by atoms with E-state index in [-0.39, 0.29) is 12.4 Å². The van der Waals surface area contributed by atoms with Crippen molar-refractivity contribution in [2.75, 3.05) is 25.0 Å². The molecule has 90 valence electrons. The number of nitrogens with zero attached hydrogens (tertiary/aromatic N) is 2. The molecule has 0 saturated carbocycles. The first-order chi connectivity index (χ1) is 7.24. The van der Waals surface area contributed by atoms with Gasteiger partial charge in [-0.15, -0.1) is 12.4 Å². The molecule has 4 nitrogen and oxygen atoms in total. The fraction of sp³-hybridized carbons (Fsp3) is 0.600. The maximum Gasteiger partial charge on any atom is 0.224 e. The van der Waals surface area contributed by atoms with E-state index in [4.69, 9.17) is 11.6 Å². The molecule has 1 unspecified atom stereocenters. The first-order valence-electron chi connectivity index (χ1n) is 5.20. The SMILES string of the molecule is Cc1cc(Cl)nc(NCC2CCNC2)n1.Cl. The lowest BCUT2D eigenvalue weighted by Gasteiger charge is -2.10. The van der Waals surface area contributed by atoms with Crippen LogP contribution in [0.3, 0.4) is 0 Å². The van der Waals surface area contributed by atoms with E-state index >= 15 is 0 Å². The Morgan fingerprint density at radius 3 is 3.00 bits per heavy atom. The van der Waals surface area contributed by atoms with Crippen LogP contribution in [0.15, 0.2) is 6.07 Å². The van der Waals surface area contributed by atoms with E-state index in [9.17, 15) is 0 Å². The molecule has 1 aromatic heterocycles. The lowest BCUT2D eigenvalue weighted by Crippen LogP contribution is -2.18. The normalized spacial score (nSPS) is 19.2. The molecule has 2 heterocycles. The van der Waals surface area contributed by atoms with Gasteiger partial charge in [0, 0.05) is 12.2 Å². The largest absolute Gasteiger partial charge is 0.354 e. The molecule has 0 amide bonds. The summed E-state index contributed by atoms with van der Waals surface area (Å²) in [6.45, 7) is 5.01. The Balaban J connectivity index is 0.00000128. The number of nitrogens with one attached hydrogen (secondary N) is 2. The van der Waals surface area contributed by atoms with Crippen LogP contribution in [0.25, 0.3) is 0 Å². The summed E-state index contributed by atoms with van der Waals surface area (Å²) in [7, 11) is 0. The van der Waals surface area contributed by atoms with Crippen molar-refractivity contribution in [1.29, 1.82) is 0 Å². The molecular formula is C10H16Cl2N4. The first-order valence-corrected chi connectivity index (χ1v) is 5.57. The average Bonchev–Trinajstić information content (AvgIpc) is 2.65. The molecule has 1 aromatic rings. The van der Waals surface area contributed by atoms with Gasteiger partial charge in [-0.1, -0.05) is 11.6 Å². The number of aryl methyl sites for hydroxylation is 1. The summed E-state index contributed by atoms with van der Waals surface area (Å²) in [5.41, 5.74) is 0.891. The summed E-state index contributed by atoms with van der Waals surface area (Å²) in [6, 6.07) is 1.75. The lowest BCUT2D eigenvalue weighted by molar-refractivity contribution is 0.612. The third kappa shape index (κ3) is 3.77. The average molecular weight is 263 g/mol. The van der Waals surface area contributed by atoms with E-state index < -0.39 is 0 Å². The van der Waals surface area contributed by atoms with Gasteiger partial charge in [-0.25, -0.2) is 9.97 Å². The molecule has 0 aromatic carbocycles. The van der Waals surface area contributed by atoms with Gasteiger partial charge in [0.25, 0.3) is 0 Å². The second kappa shape index (κ2) is 6.23. The number of aromatic nitrogens is 2. The molecule has 0 aliphatic carbocycles. The number of rotatable bonds is 3. The molecule has 16 heavy (non-hydrogen) atoms. The molecule has 1 saturated heterocycles. The smallest absolute Gasteiger partial charge is 0.224 e. The van der Waals surface area contributed by atoms with E-state index in [1.54, 1.807) is 6.07 Å². The molecule has 0 bridgehead atoms. The van der Waals surface area contributed by atoms with Gasteiger partial charge in [-0.05, 0) is 38.4 Å². The highest BCUT2D eigenvalue weighted by molar-refractivity contribution is 6.29. The van der Waals surface area contributed by atoms with Crippen LogP contribution in [-0.4, -0.2) is 29.6 Å². The third-order valence-electron chi connectivity index (χ3n) is 2.53. The van der Waals surface area contributed by atoms with Gasteiger partial charge >= 0.3 is 0 Å². The highest BCUT2D eigenvalue weighted by Crippen LogP contribution is 2.12. The second-order valence-corrected chi connectivity index (χ2v) is 4.28. The highest BCUT2D eigenvalue weighted by atomic mass is 35.5. The van der Waals surface area contributed by atoms with E-state index in [0.29, 0.717) is 17.0 Å². The minimum absolute atomic E-state index is 0. The van der Waals surface area contributed by atoms with Crippen LogP contribution in [0.1, 0.15) is 12.1 Å². The molecule has 1 atom stereocenters. The first kappa shape index (κ1) is 13.5. The number of hydrogen-bond donors (Lipinski definition) is 2. The van der Waals surface area contributed by atoms with Crippen molar-refractivity contribution >= 4 is 30.0 Å². The Bertz CT molecular complexity index is 319. The fourth-order valence-electron chi connectivity index (χ4n) is 1.73. The Morgan fingerprint density at radius 1 is 1.56 bits per heavy atom. The van der Waals surface area contributed by atoms with Crippen molar-refractivity contribution in [2.24, 2.45) is 5.92 Å². The summed E-state index contributed by atoms with van der Waals surface area (Å²) in [6.07, 6.45) is 1.21. The van der Waals surface area contributed by atoms with Crippen LogP contribution in [0, 0.1) is 12.8 Å². The summed E-state index contributed by atoms with van der Waals surface area (Å²) in [4.78, 5) is 8.39. The van der Waals surface area contributed by atoms with E-state index in [0.717, 1.165) is 25.3 Å². The van der Waals surface area contributed by atoms with Crippen LogP contribution in [0.2, 0.25) is 5.15 Å². The van der Waals surface area contributed by atoms with Crippen molar-refractivity contribution in [3.05, 3.63) is 16.9 Å². The maximum absolute atomic E-state index is 5.84. The van der Waals surface area contributed by atoms with Crippen molar-refractivity contribution in [2.45, 2.75) is 13.3 Å². The summed E-state index contributed by atoms with van der Waals surface area (Å²) >= 11 is 5.84. The highest BCUT2D eigenvalue weighted by Gasteiger charge is 2.14. The minimum Gasteiger partial charge on any atom is -0.354 e. The Morgan fingerprint density at radius 2 is 2.38 bits per heavy atom. The standard InChI is InChI=1S/C10H15ClN4.ClH/c1-7-4-9(11)15-10(14-7)13-6-8-2-3-12-5-8;/h4,8,12H,2-3,5-6H2,1H3,(H,13,14,15);1H. The van der Waals surface area contributed by atoms with Crippen LogP contribution >= 0.6 is 24.0 Å². The Labute approximate surface area is 107 Å². The zero-order chi connectivity index (χ0) is 10.7. The van der Waals surface area contributed by atoms with Crippen molar-refractivity contribution in [1.82, 2.24) is 15.3 Å². The topological polar surface area (TPSA) is 49.8 Å². The second-order valence-electron chi connectivity index (χ2n) is 3.90. The van der Waals surface area contributed by atoms with Gasteiger partial charge < -0.3 is 10.6 Å². The van der Waals surface area contributed by atoms with E-state index in [1.165, 1.54) is 6.42 Å². The Hall–Kier alpha value is -0.580. The van der Waals surface area contributed by atoms with Crippen molar-refractivity contribution in [3.63, 3.8) is 0 Å². The Kier molecular flexibility index (Phi) is 5.25. The zero-order valence-electron chi connectivity index (χ0n) is 9.16. The minimum atomic E-state index is 0. The van der Waals surface area contributed by atoms with Gasteiger partial charge in [0.1, 0.15) is 5.15 Å². The van der Waals surface area contributed by atoms with E-state index in [2.05, 4.69) is 20.6 Å². The molecule has 1 fully saturated rings. The summed E-state index contributed by atoms with van der Waals surface area (Å²) in [5, 5.41) is 7.04. The van der Waals surface area contributed by atoms with Gasteiger partial charge in [-0.3, -0.25) is 0 Å². The van der Waals surface area contributed by atoms with Crippen LogP contribution in [0.4, 0.5) is 5.95 Å². The van der Waals surface area contributed by atoms with Gasteiger partial charge in [-0.2, -0.15) is 0 Å². The molecule has 2 rings (SSSR count). The van der Waals surface area contributed by atoms with Crippen molar-refractivity contribution < 1.29 is 0 Å². The van der Waals surface area contributed by atoms with Crippen molar-refractivity contribution in [3.8, 4) is 0 Å². The van der Waals surface area contributed by atoms with Gasteiger partial charge in [0.15, 0.2) is 0 Å². The zero-order valence-corrected chi connectivity index (χ0v) is 10.7. The summed E-state index contributed by atoms with van der Waals surface area (Å²) < 4.78 is 0. The monoisotopic (exact) mass is 262 g/mol. The number of anilines is 1. The van der Waals surface area contributed by atoms with Crippen LogP contribution in [0.5, 0.6) is 0 Å². The molecule has 2 N–H and O–H groups in total. The lowest BCUT2D eigenvalue weighted by atomic mass is 10.1. The third-order valence-corrected chi connectivity index (χ3v) is 2.73. The molecule has 1 aliphatic rings. The quantitative estimate of drug-likeness (QED) is 0.817. The molecular weight excluding hydrogens is 247 g/mol. The molecule has 0 radical (unpaired) electrons. The van der Waals surface area contributed by atoms with Crippen LogP contribution < -0.4 is 10.6 Å². The molecule has 1 aliphatic heterocycles. The van der Waals surface area contributed by atoms with Gasteiger partial charge in [0.2, 0.25) is 5.95 Å². The van der Waals surface area contributed by atoms with Crippen LogP contribution in [-0.2, 0) is 0 Å². The predicted molar refractivity (Wildman–Crippen MR) is 68.5 cm³/mol. The van der Waals surface area contributed by atoms with E-state index in [1.807, 2.05) is 6.92 Å². The predicted octanol–water partition coefficient (Wildman–Crippen LogP) is 1.88. The molecule has 6 heteroatoms. The number of halogens is 2. The van der Waals surface area contributed by atoms with Gasteiger partial charge in [0.05, 0.1) is 0 Å². The maximum atomic E-state index is 5.84. The number of hydrogen-bond acceptors (Lipinski definition) is 4. The fourth-order valence-corrected chi connectivity index (χ4v) is 1.97. The molecule has 0 spiro atoms. The summed E-state index contributed by atoms with van der Waals surface area (Å²) in [5.74, 6) is 1.31.